The third kappa shape index (κ3) is 3.45. The maximum atomic E-state index is 11.4. The number of fused-ring (bicyclic) bond motifs is 1. The second kappa shape index (κ2) is 7.02. The number of nitrogens with zero attached hydrogens (tertiary/aromatic N) is 4. The molecule has 28 heavy (non-hydrogen) atoms. The second-order valence-corrected chi connectivity index (χ2v) is 7.70. The van der Waals surface area contributed by atoms with E-state index in [1.165, 1.54) is 12.1 Å². The zero-order valence-electron chi connectivity index (χ0n) is 15.1. The number of nitrogens with two attached hydrogens (primary N) is 1. The van der Waals surface area contributed by atoms with Crippen molar-refractivity contribution in [3.8, 4) is 11.4 Å². The van der Waals surface area contributed by atoms with Gasteiger partial charge in [-0.05, 0) is 43.3 Å². The minimum absolute atomic E-state index is 0.0456. The molecule has 0 aliphatic carbocycles. The molecule has 0 fully saturated rings. The van der Waals surface area contributed by atoms with Crippen LogP contribution in [0.25, 0.3) is 22.3 Å². The molecular weight excluding hydrogens is 376 g/mol. The maximum Gasteiger partial charge on any atom is 0.238 e. The van der Waals surface area contributed by atoms with Crippen LogP contribution in [0.4, 0.5) is 11.6 Å². The van der Waals surface area contributed by atoms with Crippen molar-refractivity contribution in [3.63, 3.8) is 0 Å². The summed E-state index contributed by atoms with van der Waals surface area (Å²) in [4.78, 5) is 8.85. The van der Waals surface area contributed by atoms with Crippen molar-refractivity contribution < 1.29 is 8.42 Å². The smallest absolute Gasteiger partial charge is 0.238 e. The molecule has 0 spiro atoms. The highest BCUT2D eigenvalue weighted by Crippen LogP contribution is 2.27. The van der Waals surface area contributed by atoms with E-state index in [1.807, 2.05) is 41.9 Å². The van der Waals surface area contributed by atoms with Gasteiger partial charge in [0.15, 0.2) is 0 Å². The van der Waals surface area contributed by atoms with Crippen LogP contribution in [-0.4, -0.2) is 28.2 Å². The molecule has 0 atom stereocenters. The van der Waals surface area contributed by atoms with Crippen LogP contribution in [0.1, 0.15) is 6.92 Å². The van der Waals surface area contributed by atoms with Crippen LogP contribution < -0.4 is 10.5 Å². The van der Waals surface area contributed by atoms with E-state index >= 15 is 0 Å². The van der Waals surface area contributed by atoms with Crippen LogP contribution in [0.3, 0.4) is 0 Å². The summed E-state index contributed by atoms with van der Waals surface area (Å²) in [7, 11) is -3.73. The first-order chi connectivity index (χ1) is 13.5. The lowest BCUT2D eigenvalue weighted by Gasteiger charge is -2.06. The minimum Gasteiger partial charge on any atom is -0.324 e. The minimum atomic E-state index is -3.73. The Kier molecular flexibility index (Phi) is 4.54. The zero-order valence-corrected chi connectivity index (χ0v) is 15.9. The number of aryl methyl sites for hydroxylation is 1. The molecule has 9 heteroatoms. The van der Waals surface area contributed by atoms with Crippen molar-refractivity contribution in [2.45, 2.75) is 18.4 Å². The van der Waals surface area contributed by atoms with Crippen molar-refractivity contribution in [3.05, 3.63) is 60.8 Å². The highest BCUT2D eigenvalue weighted by molar-refractivity contribution is 7.89. The average molecular weight is 394 g/mol. The lowest BCUT2D eigenvalue weighted by molar-refractivity contribution is 0.598. The molecule has 142 valence electrons. The van der Waals surface area contributed by atoms with E-state index in [0.29, 0.717) is 17.3 Å². The van der Waals surface area contributed by atoms with Crippen LogP contribution in [0.5, 0.6) is 0 Å². The summed E-state index contributed by atoms with van der Waals surface area (Å²) < 4.78 is 24.7. The summed E-state index contributed by atoms with van der Waals surface area (Å²) in [5, 5.41) is 13.9. The quantitative estimate of drug-likeness (QED) is 0.538. The highest BCUT2D eigenvalue weighted by atomic mass is 32.2. The van der Waals surface area contributed by atoms with E-state index in [1.54, 1.807) is 18.3 Å². The van der Waals surface area contributed by atoms with Gasteiger partial charge >= 0.3 is 0 Å². The molecule has 0 saturated heterocycles. The van der Waals surface area contributed by atoms with Crippen molar-refractivity contribution in [2.24, 2.45) is 5.14 Å². The number of nitrogens with one attached hydrogen (secondary N) is 1. The molecule has 0 bridgehead atoms. The molecule has 0 unspecified atom stereocenters. The lowest BCUT2D eigenvalue weighted by Crippen LogP contribution is -2.11. The molecule has 2 aromatic heterocycles. The molecule has 3 N–H and O–H groups in total. The molecule has 0 aliphatic rings. The summed E-state index contributed by atoms with van der Waals surface area (Å²) >= 11 is 0. The Hall–Kier alpha value is -3.30. The monoisotopic (exact) mass is 394 g/mol. The number of primary sulfonamides is 1. The number of para-hydroxylation sites is 1. The summed E-state index contributed by atoms with van der Waals surface area (Å²) in [5.41, 5.74) is 3.18. The Balaban J connectivity index is 1.67. The van der Waals surface area contributed by atoms with Crippen molar-refractivity contribution in [1.29, 1.82) is 0 Å². The second-order valence-electron chi connectivity index (χ2n) is 6.14. The summed E-state index contributed by atoms with van der Waals surface area (Å²) in [6.45, 7) is 2.80. The summed E-state index contributed by atoms with van der Waals surface area (Å²) in [6, 6.07) is 15.9. The Morgan fingerprint density at radius 2 is 1.82 bits per heavy atom. The van der Waals surface area contributed by atoms with Crippen molar-refractivity contribution in [2.75, 3.05) is 5.32 Å². The van der Waals surface area contributed by atoms with Gasteiger partial charge in [-0.2, -0.15) is 5.10 Å². The van der Waals surface area contributed by atoms with Crippen LogP contribution in [0.15, 0.2) is 65.7 Å². The Morgan fingerprint density at radius 1 is 1.07 bits per heavy atom. The molecule has 4 aromatic rings. The van der Waals surface area contributed by atoms with E-state index in [9.17, 15) is 8.42 Å². The number of hydrogen-bond acceptors (Lipinski definition) is 6. The molecule has 4 rings (SSSR count). The van der Waals surface area contributed by atoms with Crippen LogP contribution in [-0.2, 0) is 16.6 Å². The van der Waals surface area contributed by atoms with Gasteiger partial charge in [-0.15, -0.1) is 0 Å². The first-order valence-corrected chi connectivity index (χ1v) is 10.2. The largest absolute Gasteiger partial charge is 0.324 e. The summed E-state index contributed by atoms with van der Waals surface area (Å²) in [6.07, 6.45) is 1.66. The van der Waals surface area contributed by atoms with Gasteiger partial charge in [0.25, 0.3) is 0 Å². The fourth-order valence-corrected chi connectivity index (χ4v) is 3.48. The molecule has 0 saturated carbocycles. The van der Waals surface area contributed by atoms with Gasteiger partial charge in [0.1, 0.15) is 5.69 Å². The SMILES string of the molecule is CCn1nc(-c2ccnc(Nc3ccc(S(N)(=O)=O)cc3)n2)c2ccccc21. The fraction of sp³-hybridized carbons (Fsp3) is 0.105. The first-order valence-electron chi connectivity index (χ1n) is 8.64. The average Bonchev–Trinajstić information content (AvgIpc) is 3.07. The van der Waals surface area contributed by atoms with E-state index in [2.05, 4.69) is 20.4 Å². The Morgan fingerprint density at radius 3 is 2.54 bits per heavy atom. The molecule has 2 heterocycles. The molecule has 8 nitrogen and oxygen atoms in total. The molecule has 0 amide bonds. The number of rotatable bonds is 5. The van der Waals surface area contributed by atoms with Gasteiger partial charge in [-0.25, -0.2) is 23.5 Å². The zero-order chi connectivity index (χ0) is 19.7. The van der Waals surface area contributed by atoms with Gasteiger partial charge in [0.05, 0.1) is 16.1 Å². The van der Waals surface area contributed by atoms with Crippen molar-refractivity contribution in [1.82, 2.24) is 19.7 Å². The van der Waals surface area contributed by atoms with E-state index in [0.717, 1.165) is 23.1 Å². The van der Waals surface area contributed by atoms with Crippen LogP contribution >= 0.6 is 0 Å². The lowest BCUT2D eigenvalue weighted by atomic mass is 10.1. The number of hydrogen-bond donors (Lipinski definition) is 2. The third-order valence-corrected chi connectivity index (χ3v) is 5.22. The molecule has 0 radical (unpaired) electrons. The number of aromatic nitrogens is 4. The van der Waals surface area contributed by atoms with Gasteiger partial charge in [-0.1, -0.05) is 18.2 Å². The maximum absolute atomic E-state index is 11.4. The molecule has 0 aliphatic heterocycles. The predicted molar refractivity (Wildman–Crippen MR) is 108 cm³/mol. The number of benzene rings is 2. The number of anilines is 2. The van der Waals surface area contributed by atoms with Crippen LogP contribution in [0.2, 0.25) is 0 Å². The first kappa shape index (κ1) is 18.1. The van der Waals surface area contributed by atoms with Gasteiger partial charge in [-0.3, -0.25) is 4.68 Å². The van der Waals surface area contributed by atoms with Gasteiger partial charge in [0, 0.05) is 23.8 Å². The molecular formula is C19H18N6O2S. The van der Waals surface area contributed by atoms with Gasteiger partial charge in [0.2, 0.25) is 16.0 Å². The van der Waals surface area contributed by atoms with E-state index in [-0.39, 0.29) is 4.90 Å². The predicted octanol–water partition coefficient (Wildman–Crippen LogP) is 2.90. The highest BCUT2D eigenvalue weighted by Gasteiger charge is 2.13. The van der Waals surface area contributed by atoms with E-state index in [4.69, 9.17) is 5.14 Å². The Bertz CT molecular complexity index is 1250. The number of sulfonamides is 1. The summed E-state index contributed by atoms with van der Waals surface area (Å²) in [5.74, 6) is 0.385. The van der Waals surface area contributed by atoms with Crippen LogP contribution in [0, 0.1) is 0 Å². The third-order valence-electron chi connectivity index (χ3n) is 4.29. The van der Waals surface area contributed by atoms with E-state index < -0.39 is 10.0 Å². The normalized spacial score (nSPS) is 11.6. The topological polar surface area (TPSA) is 116 Å². The molecule has 2 aromatic carbocycles. The fourth-order valence-electron chi connectivity index (χ4n) is 2.97. The Labute approximate surface area is 162 Å². The van der Waals surface area contributed by atoms with Gasteiger partial charge < -0.3 is 5.32 Å². The standard InChI is InChI=1S/C19H18N6O2S/c1-2-25-17-6-4-3-5-15(17)18(24-25)16-11-12-21-19(23-16)22-13-7-9-14(10-8-13)28(20,26)27/h3-12H,2H2,1H3,(H2,20,26,27)(H,21,22,23). The van der Waals surface area contributed by atoms with Crippen molar-refractivity contribution >= 4 is 32.6 Å².